The topological polar surface area (TPSA) is 64.7 Å². The van der Waals surface area contributed by atoms with Gasteiger partial charge in [-0.1, -0.05) is 0 Å². The largest absolute Gasteiger partial charge is 0.397 e. The van der Waals surface area contributed by atoms with Crippen LogP contribution in [0.25, 0.3) is 11.3 Å². The fourth-order valence-electron chi connectivity index (χ4n) is 1.16. The number of hydrogen-bond acceptors (Lipinski definition) is 4. The van der Waals surface area contributed by atoms with E-state index in [0.29, 0.717) is 5.69 Å². The minimum Gasteiger partial charge on any atom is -0.397 e. The third-order valence-electron chi connectivity index (χ3n) is 1.98. The predicted octanol–water partition coefficient (Wildman–Crippen LogP) is 1.43. The minimum atomic E-state index is 0.700. The second-order valence-electron chi connectivity index (χ2n) is 3.00. The van der Waals surface area contributed by atoms with Crippen molar-refractivity contribution in [1.82, 2.24) is 15.0 Å². The third kappa shape index (κ3) is 1.54. The van der Waals surface area contributed by atoms with Crippen LogP contribution in [-0.4, -0.2) is 15.0 Å². The van der Waals surface area contributed by atoms with E-state index < -0.39 is 0 Å². The molecule has 14 heavy (non-hydrogen) atoms. The first-order valence-corrected chi connectivity index (χ1v) is 4.26. The lowest BCUT2D eigenvalue weighted by molar-refractivity contribution is 1.14. The van der Waals surface area contributed by atoms with Crippen molar-refractivity contribution in [3.63, 3.8) is 0 Å². The van der Waals surface area contributed by atoms with Gasteiger partial charge in [0.15, 0.2) is 0 Å². The Hall–Kier alpha value is -1.97. The van der Waals surface area contributed by atoms with Gasteiger partial charge < -0.3 is 5.73 Å². The highest BCUT2D eigenvalue weighted by Crippen LogP contribution is 2.17. The van der Waals surface area contributed by atoms with Crippen LogP contribution in [0.15, 0.2) is 30.9 Å². The number of nitrogen functional groups attached to an aromatic ring is 1. The van der Waals surface area contributed by atoms with Crippen LogP contribution < -0.4 is 5.73 Å². The molecule has 0 amide bonds. The Morgan fingerprint density at radius 1 is 1.14 bits per heavy atom. The first kappa shape index (κ1) is 8.62. The molecule has 0 aliphatic carbocycles. The Kier molecular flexibility index (Phi) is 2.10. The maximum absolute atomic E-state index is 5.67. The molecule has 0 fully saturated rings. The highest BCUT2D eigenvalue weighted by Gasteiger charge is 2.01. The highest BCUT2D eigenvalue weighted by atomic mass is 14.8. The van der Waals surface area contributed by atoms with Gasteiger partial charge >= 0.3 is 0 Å². The van der Waals surface area contributed by atoms with Gasteiger partial charge in [-0.25, -0.2) is 9.97 Å². The highest BCUT2D eigenvalue weighted by molar-refractivity contribution is 5.59. The standard InChI is InChI=1S/C10H10N4/c1-7-9(11)2-3-10(14-7)8-4-12-6-13-5-8/h2-6H,11H2,1H3. The van der Waals surface area contributed by atoms with Gasteiger partial charge in [0.1, 0.15) is 6.33 Å². The quantitative estimate of drug-likeness (QED) is 0.731. The molecule has 0 aliphatic heterocycles. The summed E-state index contributed by atoms with van der Waals surface area (Å²) in [6.45, 7) is 1.88. The number of nitrogens with zero attached hydrogens (tertiary/aromatic N) is 3. The zero-order chi connectivity index (χ0) is 9.97. The van der Waals surface area contributed by atoms with Crippen LogP contribution in [0.5, 0.6) is 0 Å². The van der Waals surface area contributed by atoms with Gasteiger partial charge in [-0.3, -0.25) is 4.98 Å². The Balaban J connectivity index is 2.48. The second kappa shape index (κ2) is 3.41. The first-order valence-electron chi connectivity index (χ1n) is 4.26. The molecule has 0 spiro atoms. The van der Waals surface area contributed by atoms with Crippen molar-refractivity contribution in [2.24, 2.45) is 0 Å². The number of nitrogens with two attached hydrogens (primary N) is 1. The lowest BCUT2D eigenvalue weighted by atomic mass is 10.2. The lowest BCUT2D eigenvalue weighted by Gasteiger charge is -2.02. The molecule has 0 unspecified atom stereocenters. The van der Waals surface area contributed by atoms with Gasteiger partial charge in [-0.2, -0.15) is 0 Å². The minimum absolute atomic E-state index is 0.700. The summed E-state index contributed by atoms with van der Waals surface area (Å²) in [4.78, 5) is 12.2. The van der Waals surface area contributed by atoms with Crippen LogP contribution in [0.1, 0.15) is 5.69 Å². The van der Waals surface area contributed by atoms with Crippen molar-refractivity contribution in [3.05, 3.63) is 36.5 Å². The maximum Gasteiger partial charge on any atom is 0.115 e. The predicted molar refractivity (Wildman–Crippen MR) is 54.4 cm³/mol. The Labute approximate surface area is 81.9 Å². The molecule has 2 aromatic heterocycles. The average Bonchev–Trinajstić information content (AvgIpc) is 2.23. The number of aryl methyl sites for hydroxylation is 1. The number of hydrogen-bond donors (Lipinski definition) is 1. The van der Waals surface area contributed by atoms with Crippen molar-refractivity contribution < 1.29 is 0 Å². The van der Waals surface area contributed by atoms with E-state index >= 15 is 0 Å². The zero-order valence-electron chi connectivity index (χ0n) is 7.81. The summed E-state index contributed by atoms with van der Waals surface area (Å²) in [5.41, 5.74) is 8.94. The molecule has 0 atom stereocenters. The smallest absolute Gasteiger partial charge is 0.115 e. The second-order valence-corrected chi connectivity index (χ2v) is 3.00. The average molecular weight is 186 g/mol. The molecule has 2 heterocycles. The van der Waals surface area contributed by atoms with E-state index in [0.717, 1.165) is 17.0 Å². The molecule has 0 saturated heterocycles. The van der Waals surface area contributed by atoms with E-state index in [-0.39, 0.29) is 0 Å². The SMILES string of the molecule is Cc1nc(-c2cncnc2)ccc1N. The van der Waals surface area contributed by atoms with Crippen molar-refractivity contribution >= 4 is 5.69 Å². The normalized spacial score (nSPS) is 10.1. The van der Waals surface area contributed by atoms with E-state index in [1.165, 1.54) is 6.33 Å². The van der Waals surface area contributed by atoms with Crippen LogP contribution in [0.4, 0.5) is 5.69 Å². The number of anilines is 1. The Bertz CT molecular complexity index is 439. The molecule has 0 radical (unpaired) electrons. The lowest BCUT2D eigenvalue weighted by Crippen LogP contribution is -1.94. The van der Waals surface area contributed by atoms with E-state index in [4.69, 9.17) is 5.73 Å². The van der Waals surface area contributed by atoms with Gasteiger partial charge in [-0.15, -0.1) is 0 Å². The number of pyridine rings is 1. The van der Waals surface area contributed by atoms with Crippen LogP contribution in [-0.2, 0) is 0 Å². The van der Waals surface area contributed by atoms with Crippen molar-refractivity contribution in [2.45, 2.75) is 6.92 Å². The van der Waals surface area contributed by atoms with Gasteiger partial charge in [0.2, 0.25) is 0 Å². The van der Waals surface area contributed by atoms with E-state index in [9.17, 15) is 0 Å². The van der Waals surface area contributed by atoms with E-state index in [1.807, 2.05) is 19.1 Å². The summed E-state index contributed by atoms with van der Waals surface area (Å²) < 4.78 is 0. The van der Waals surface area contributed by atoms with Crippen LogP contribution in [0.2, 0.25) is 0 Å². The Morgan fingerprint density at radius 2 is 1.86 bits per heavy atom. The molecule has 0 bridgehead atoms. The van der Waals surface area contributed by atoms with Gasteiger partial charge in [-0.05, 0) is 19.1 Å². The summed E-state index contributed by atoms with van der Waals surface area (Å²) in [6, 6.07) is 3.70. The summed E-state index contributed by atoms with van der Waals surface area (Å²) in [6.07, 6.45) is 4.95. The van der Waals surface area contributed by atoms with Crippen molar-refractivity contribution in [3.8, 4) is 11.3 Å². The van der Waals surface area contributed by atoms with Gasteiger partial charge in [0, 0.05) is 18.0 Å². The molecule has 2 rings (SSSR count). The number of rotatable bonds is 1. The van der Waals surface area contributed by atoms with Crippen molar-refractivity contribution in [2.75, 3.05) is 5.73 Å². The number of aromatic nitrogens is 3. The fourth-order valence-corrected chi connectivity index (χ4v) is 1.16. The summed E-state index contributed by atoms with van der Waals surface area (Å²) in [7, 11) is 0. The van der Waals surface area contributed by atoms with E-state index in [2.05, 4.69) is 15.0 Å². The summed E-state index contributed by atoms with van der Waals surface area (Å²) in [5.74, 6) is 0. The first-order chi connectivity index (χ1) is 6.77. The molecule has 70 valence electrons. The Morgan fingerprint density at radius 3 is 2.50 bits per heavy atom. The maximum atomic E-state index is 5.67. The molecule has 4 heteroatoms. The van der Waals surface area contributed by atoms with Crippen LogP contribution >= 0.6 is 0 Å². The molecule has 2 aromatic rings. The summed E-state index contributed by atoms with van der Waals surface area (Å²) >= 11 is 0. The fraction of sp³-hybridized carbons (Fsp3) is 0.100. The summed E-state index contributed by atoms with van der Waals surface area (Å²) in [5, 5.41) is 0. The molecule has 0 aromatic carbocycles. The molecular weight excluding hydrogens is 176 g/mol. The molecule has 0 aliphatic rings. The molecule has 2 N–H and O–H groups in total. The monoisotopic (exact) mass is 186 g/mol. The van der Waals surface area contributed by atoms with E-state index in [1.54, 1.807) is 12.4 Å². The van der Waals surface area contributed by atoms with Crippen LogP contribution in [0, 0.1) is 6.92 Å². The molecule has 0 saturated carbocycles. The zero-order valence-corrected chi connectivity index (χ0v) is 7.81. The van der Waals surface area contributed by atoms with Gasteiger partial charge in [0.05, 0.1) is 17.1 Å². The van der Waals surface area contributed by atoms with Crippen LogP contribution in [0.3, 0.4) is 0 Å². The van der Waals surface area contributed by atoms with Gasteiger partial charge in [0.25, 0.3) is 0 Å². The third-order valence-corrected chi connectivity index (χ3v) is 1.98. The van der Waals surface area contributed by atoms with Crippen molar-refractivity contribution in [1.29, 1.82) is 0 Å². The molecular formula is C10H10N4. The molecule has 4 nitrogen and oxygen atoms in total.